The van der Waals surface area contributed by atoms with Gasteiger partial charge >= 0.3 is 12.4 Å². The van der Waals surface area contributed by atoms with Crippen LogP contribution in [0.3, 0.4) is 0 Å². The SMILES string of the molecule is CC(N)(C(=O)Nc1cc(C(F)(F)F)ccc1O)C(F)(F)F. The highest BCUT2D eigenvalue weighted by molar-refractivity contribution is 5.99. The first-order valence-electron chi connectivity index (χ1n) is 5.34. The summed E-state index contributed by atoms with van der Waals surface area (Å²) < 4.78 is 75.0. The number of hydrogen-bond acceptors (Lipinski definition) is 3. The topological polar surface area (TPSA) is 75.4 Å². The fraction of sp³-hybridized carbons (Fsp3) is 0.364. The van der Waals surface area contributed by atoms with Gasteiger partial charge in [-0.2, -0.15) is 26.3 Å². The van der Waals surface area contributed by atoms with Gasteiger partial charge in [-0.15, -0.1) is 0 Å². The summed E-state index contributed by atoms with van der Waals surface area (Å²) in [7, 11) is 0. The molecule has 0 saturated carbocycles. The molecule has 0 aliphatic carbocycles. The van der Waals surface area contributed by atoms with Crippen molar-refractivity contribution in [3.63, 3.8) is 0 Å². The molecule has 0 spiro atoms. The van der Waals surface area contributed by atoms with Crippen LogP contribution in [0.15, 0.2) is 18.2 Å². The predicted octanol–water partition coefficient (Wildman–Crippen LogP) is 2.63. The molecule has 0 bridgehead atoms. The summed E-state index contributed by atoms with van der Waals surface area (Å²) in [5, 5.41) is 10.8. The van der Waals surface area contributed by atoms with E-state index in [1.165, 1.54) is 5.32 Å². The zero-order valence-corrected chi connectivity index (χ0v) is 10.4. The van der Waals surface area contributed by atoms with Crippen LogP contribution in [-0.2, 0) is 11.0 Å². The second-order valence-electron chi connectivity index (χ2n) is 4.38. The molecule has 1 unspecified atom stereocenters. The van der Waals surface area contributed by atoms with Crippen LogP contribution in [0.2, 0.25) is 0 Å². The Kier molecular flexibility index (Phi) is 4.15. The minimum absolute atomic E-state index is 0.305. The summed E-state index contributed by atoms with van der Waals surface area (Å²) in [5.41, 5.74) is -0.580. The molecule has 0 heterocycles. The van der Waals surface area contributed by atoms with E-state index < -0.39 is 40.8 Å². The van der Waals surface area contributed by atoms with E-state index in [4.69, 9.17) is 5.73 Å². The first-order valence-corrected chi connectivity index (χ1v) is 5.34. The van der Waals surface area contributed by atoms with Crippen LogP contribution < -0.4 is 11.1 Å². The number of phenols is 1. The molecule has 4 nitrogen and oxygen atoms in total. The van der Waals surface area contributed by atoms with Crippen molar-refractivity contribution < 1.29 is 36.2 Å². The minimum Gasteiger partial charge on any atom is -0.506 e. The maximum Gasteiger partial charge on any atom is 0.416 e. The monoisotopic (exact) mass is 316 g/mol. The minimum atomic E-state index is -5.12. The van der Waals surface area contributed by atoms with E-state index in [0.29, 0.717) is 25.1 Å². The third-order valence-corrected chi connectivity index (χ3v) is 2.63. The molecule has 118 valence electrons. The van der Waals surface area contributed by atoms with Gasteiger partial charge in [0.1, 0.15) is 5.75 Å². The van der Waals surface area contributed by atoms with Gasteiger partial charge in [0, 0.05) is 0 Å². The molecule has 1 atom stereocenters. The smallest absolute Gasteiger partial charge is 0.416 e. The maximum absolute atomic E-state index is 12.5. The van der Waals surface area contributed by atoms with Gasteiger partial charge in [-0.1, -0.05) is 0 Å². The number of carbonyl (C=O) groups excluding carboxylic acids is 1. The van der Waals surface area contributed by atoms with Crippen LogP contribution >= 0.6 is 0 Å². The number of anilines is 1. The van der Waals surface area contributed by atoms with Crippen LogP contribution in [0.5, 0.6) is 5.75 Å². The molecule has 21 heavy (non-hydrogen) atoms. The molecule has 4 N–H and O–H groups in total. The third-order valence-electron chi connectivity index (χ3n) is 2.63. The number of benzene rings is 1. The van der Waals surface area contributed by atoms with Crippen molar-refractivity contribution in [3.05, 3.63) is 23.8 Å². The fourth-order valence-electron chi connectivity index (χ4n) is 1.19. The number of amides is 1. The van der Waals surface area contributed by atoms with Crippen LogP contribution in [0.1, 0.15) is 12.5 Å². The molecule has 1 rings (SSSR count). The standard InChI is InChI=1S/C11H10F6N2O2/c1-9(18,11(15,16)17)8(21)19-6-4-5(10(12,13)14)2-3-7(6)20/h2-4,20H,18H2,1H3,(H,19,21). The van der Waals surface area contributed by atoms with Gasteiger partial charge in [0.2, 0.25) is 0 Å². The Morgan fingerprint density at radius 3 is 2.14 bits per heavy atom. The number of rotatable bonds is 2. The number of nitrogens with two attached hydrogens (primary N) is 1. The van der Waals surface area contributed by atoms with E-state index in [0.717, 1.165) is 0 Å². The maximum atomic E-state index is 12.5. The Hall–Kier alpha value is -1.97. The predicted molar refractivity (Wildman–Crippen MR) is 60.4 cm³/mol. The van der Waals surface area contributed by atoms with Crippen LogP contribution in [0, 0.1) is 0 Å². The van der Waals surface area contributed by atoms with Crippen LogP contribution in [0.4, 0.5) is 32.0 Å². The lowest BCUT2D eigenvalue weighted by Gasteiger charge is -2.26. The van der Waals surface area contributed by atoms with Gasteiger partial charge in [0.25, 0.3) is 5.91 Å². The molecule has 1 aromatic rings. The van der Waals surface area contributed by atoms with E-state index in [2.05, 4.69) is 0 Å². The van der Waals surface area contributed by atoms with Crippen molar-refractivity contribution in [1.29, 1.82) is 0 Å². The Labute approximate surface area is 114 Å². The van der Waals surface area contributed by atoms with Gasteiger partial charge in [-0.3, -0.25) is 4.79 Å². The molecule has 0 saturated heterocycles. The van der Waals surface area contributed by atoms with Crippen LogP contribution in [0.25, 0.3) is 0 Å². The second kappa shape index (κ2) is 5.10. The van der Waals surface area contributed by atoms with Gasteiger partial charge in [0.15, 0.2) is 5.54 Å². The highest BCUT2D eigenvalue weighted by Gasteiger charge is 2.54. The number of alkyl halides is 6. The van der Waals surface area contributed by atoms with Crippen molar-refractivity contribution in [3.8, 4) is 5.75 Å². The van der Waals surface area contributed by atoms with Crippen molar-refractivity contribution in [2.75, 3.05) is 5.32 Å². The second-order valence-corrected chi connectivity index (χ2v) is 4.38. The summed E-state index contributed by atoms with van der Waals surface area (Å²) in [6, 6.07) is 1.41. The van der Waals surface area contributed by atoms with E-state index >= 15 is 0 Å². The Morgan fingerprint density at radius 1 is 1.19 bits per heavy atom. The summed E-state index contributed by atoms with van der Waals surface area (Å²) in [6.45, 7) is 0.354. The van der Waals surface area contributed by atoms with Crippen molar-refractivity contribution in [2.45, 2.75) is 24.8 Å². The molecular weight excluding hydrogens is 306 g/mol. The largest absolute Gasteiger partial charge is 0.506 e. The molecule has 0 fully saturated rings. The van der Waals surface area contributed by atoms with E-state index in [-0.39, 0.29) is 0 Å². The molecule has 10 heteroatoms. The number of carbonyl (C=O) groups is 1. The van der Waals surface area contributed by atoms with Gasteiger partial charge in [0.05, 0.1) is 11.3 Å². The molecule has 1 aromatic carbocycles. The number of hydrogen-bond donors (Lipinski definition) is 3. The molecule has 1 amide bonds. The summed E-state index contributed by atoms with van der Waals surface area (Å²) >= 11 is 0. The number of phenolic OH excluding ortho intramolecular Hbond substituents is 1. The Bertz CT molecular complexity index is 551. The summed E-state index contributed by atoms with van der Waals surface area (Å²) in [4.78, 5) is 11.4. The normalized spacial score (nSPS) is 15.4. The molecule has 0 aromatic heterocycles. The summed E-state index contributed by atoms with van der Waals surface area (Å²) in [5.74, 6) is -2.63. The molecule has 0 aliphatic rings. The average molecular weight is 316 g/mol. The third kappa shape index (κ3) is 3.57. The number of nitrogens with one attached hydrogen (secondary N) is 1. The molecule has 0 radical (unpaired) electrons. The van der Waals surface area contributed by atoms with Crippen molar-refractivity contribution >= 4 is 11.6 Å². The fourth-order valence-corrected chi connectivity index (χ4v) is 1.19. The lowest BCUT2D eigenvalue weighted by molar-refractivity contribution is -0.184. The lowest BCUT2D eigenvalue weighted by atomic mass is 10.0. The van der Waals surface area contributed by atoms with E-state index in [9.17, 15) is 36.2 Å². The average Bonchev–Trinajstić information content (AvgIpc) is 2.28. The highest BCUT2D eigenvalue weighted by atomic mass is 19.4. The number of aromatic hydroxyl groups is 1. The van der Waals surface area contributed by atoms with Gasteiger partial charge < -0.3 is 16.2 Å². The van der Waals surface area contributed by atoms with Crippen molar-refractivity contribution in [2.24, 2.45) is 5.73 Å². The number of halogens is 6. The first-order chi connectivity index (χ1) is 9.26. The quantitative estimate of drug-likeness (QED) is 0.580. The summed E-state index contributed by atoms with van der Waals surface area (Å²) in [6.07, 6.45) is -9.91. The van der Waals surface area contributed by atoms with Crippen molar-refractivity contribution in [1.82, 2.24) is 0 Å². The van der Waals surface area contributed by atoms with E-state index in [1.807, 2.05) is 0 Å². The Morgan fingerprint density at radius 2 is 1.71 bits per heavy atom. The Balaban J connectivity index is 3.12. The highest BCUT2D eigenvalue weighted by Crippen LogP contribution is 2.35. The molecule has 0 aliphatic heterocycles. The van der Waals surface area contributed by atoms with Crippen LogP contribution in [-0.4, -0.2) is 22.7 Å². The lowest BCUT2D eigenvalue weighted by Crippen LogP contribution is -2.59. The van der Waals surface area contributed by atoms with Gasteiger partial charge in [-0.05, 0) is 25.1 Å². The zero-order valence-electron chi connectivity index (χ0n) is 10.4. The van der Waals surface area contributed by atoms with E-state index in [1.54, 1.807) is 0 Å². The zero-order chi connectivity index (χ0) is 16.6. The molecular formula is C11H10F6N2O2. The van der Waals surface area contributed by atoms with Gasteiger partial charge in [-0.25, -0.2) is 0 Å². The first kappa shape index (κ1) is 17.1.